The Kier molecular flexibility index (Phi) is 4.26. The molecular weight excluding hydrogens is 390 g/mol. The number of hydrogen-bond acceptors (Lipinski definition) is 8. The Morgan fingerprint density at radius 2 is 2.10 bits per heavy atom. The predicted octanol–water partition coefficient (Wildman–Crippen LogP) is 1.76. The molecule has 29 heavy (non-hydrogen) atoms. The van der Waals surface area contributed by atoms with Gasteiger partial charge in [-0.1, -0.05) is 6.07 Å². The van der Waals surface area contributed by atoms with E-state index >= 15 is 0 Å². The van der Waals surface area contributed by atoms with Crippen LogP contribution in [0.3, 0.4) is 0 Å². The molecule has 142 valence electrons. The minimum atomic E-state index is -0.245. The van der Waals surface area contributed by atoms with Crippen molar-refractivity contribution >= 4 is 22.9 Å². The number of aromatic nitrogens is 8. The summed E-state index contributed by atoms with van der Waals surface area (Å²) in [7, 11) is 0. The topological polar surface area (TPSA) is 116 Å². The van der Waals surface area contributed by atoms with Gasteiger partial charge in [-0.3, -0.25) is 4.79 Å². The van der Waals surface area contributed by atoms with Crippen molar-refractivity contribution in [3.8, 4) is 16.9 Å². The zero-order chi connectivity index (χ0) is 19.6. The molecule has 4 aromatic heterocycles. The maximum atomic E-state index is 12.6. The van der Waals surface area contributed by atoms with Crippen LogP contribution in [0.1, 0.15) is 16.2 Å². The third kappa shape index (κ3) is 3.34. The minimum Gasteiger partial charge on any atom is -0.345 e. The van der Waals surface area contributed by atoms with E-state index in [-0.39, 0.29) is 12.5 Å². The van der Waals surface area contributed by atoms with Gasteiger partial charge in [0.1, 0.15) is 6.33 Å². The summed E-state index contributed by atoms with van der Waals surface area (Å²) in [6, 6.07) is 12.8. The number of carbonyl (C=O) groups is 1. The molecule has 0 radical (unpaired) electrons. The molecule has 0 saturated carbocycles. The van der Waals surface area contributed by atoms with E-state index in [0.717, 1.165) is 11.3 Å². The van der Waals surface area contributed by atoms with Gasteiger partial charge < -0.3 is 5.32 Å². The van der Waals surface area contributed by atoms with Crippen LogP contribution < -0.4 is 5.32 Å². The predicted molar refractivity (Wildman–Crippen MR) is 104 cm³/mol. The van der Waals surface area contributed by atoms with Gasteiger partial charge >= 0.3 is 0 Å². The van der Waals surface area contributed by atoms with Crippen molar-refractivity contribution in [2.45, 2.75) is 6.54 Å². The van der Waals surface area contributed by atoms with Crippen LogP contribution in [0, 0.1) is 0 Å². The average Bonchev–Trinajstić information content (AvgIpc) is 3.53. The highest BCUT2D eigenvalue weighted by Gasteiger charge is 2.12. The Bertz CT molecular complexity index is 1280. The van der Waals surface area contributed by atoms with Crippen LogP contribution >= 0.6 is 11.3 Å². The highest BCUT2D eigenvalue weighted by atomic mass is 32.1. The molecule has 11 heteroatoms. The third-order valence-corrected chi connectivity index (χ3v) is 4.96. The van der Waals surface area contributed by atoms with E-state index in [0.29, 0.717) is 22.7 Å². The van der Waals surface area contributed by atoms with E-state index in [4.69, 9.17) is 0 Å². The highest BCUT2D eigenvalue weighted by Crippen LogP contribution is 2.20. The lowest BCUT2D eigenvalue weighted by atomic mass is 10.2. The molecular formula is C18H13N9OS. The molecule has 0 atom stereocenters. The maximum absolute atomic E-state index is 12.6. The summed E-state index contributed by atoms with van der Waals surface area (Å²) in [5, 5.41) is 30.8. The van der Waals surface area contributed by atoms with Crippen LogP contribution in [-0.4, -0.2) is 45.9 Å². The number of nitrogens with one attached hydrogen (secondary N) is 1. The third-order valence-electron chi connectivity index (χ3n) is 4.27. The Labute approximate surface area is 167 Å². The number of fused-ring (bicyclic) bond motifs is 1. The highest BCUT2D eigenvalue weighted by molar-refractivity contribution is 7.08. The van der Waals surface area contributed by atoms with Gasteiger partial charge in [0.2, 0.25) is 0 Å². The van der Waals surface area contributed by atoms with Gasteiger partial charge in [-0.25, -0.2) is 4.68 Å². The smallest absolute Gasteiger partial charge is 0.251 e. The van der Waals surface area contributed by atoms with Crippen molar-refractivity contribution < 1.29 is 4.79 Å². The fourth-order valence-corrected chi connectivity index (χ4v) is 3.49. The van der Waals surface area contributed by atoms with Crippen molar-refractivity contribution in [2.75, 3.05) is 0 Å². The number of nitrogens with zero attached hydrogens (tertiary/aromatic N) is 8. The molecule has 0 saturated heterocycles. The van der Waals surface area contributed by atoms with Gasteiger partial charge in [-0.15, -0.1) is 15.3 Å². The lowest BCUT2D eigenvalue weighted by molar-refractivity contribution is 0.0949. The number of tetrazole rings is 1. The molecule has 5 rings (SSSR count). The van der Waals surface area contributed by atoms with Crippen molar-refractivity contribution in [3.05, 3.63) is 70.9 Å². The van der Waals surface area contributed by atoms with Crippen molar-refractivity contribution in [1.82, 2.24) is 45.3 Å². The van der Waals surface area contributed by atoms with Crippen LogP contribution in [0.4, 0.5) is 0 Å². The molecule has 4 heterocycles. The second kappa shape index (κ2) is 7.20. The SMILES string of the molecule is O=C(NCc1nnc2ccc(-c3ccsc3)nn12)c1cccc(-n2cnnn2)c1. The first-order valence-corrected chi connectivity index (χ1v) is 9.58. The normalized spacial score (nSPS) is 11.0. The van der Waals surface area contributed by atoms with Gasteiger partial charge in [0.15, 0.2) is 11.5 Å². The maximum Gasteiger partial charge on any atom is 0.251 e. The van der Waals surface area contributed by atoms with Gasteiger partial charge in [0, 0.05) is 16.5 Å². The minimum absolute atomic E-state index is 0.190. The Balaban J connectivity index is 1.36. The summed E-state index contributed by atoms with van der Waals surface area (Å²) in [5.41, 5.74) is 3.64. The fraction of sp³-hybridized carbons (Fsp3) is 0.0556. The van der Waals surface area contributed by atoms with E-state index in [1.807, 2.05) is 35.0 Å². The van der Waals surface area contributed by atoms with Crippen LogP contribution in [0.15, 0.2) is 59.6 Å². The summed E-state index contributed by atoms with van der Waals surface area (Å²) in [4.78, 5) is 12.6. The van der Waals surface area contributed by atoms with Gasteiger partial charge in [-0.2, -0.15) is 21.0 Å². The van der Waals surface area contributed by atoms with E-state index in [2.05, 4.69) is 36.1 Å². The zero-order valence-electron chi connectivity index (χ0n) is 14.9. The lowest BCUT2D eigenvalue weighted by Crippen LogP contribution is -2.24. The summed E-state index contributed by atoms with van der Waals surface area (Å²) < 4.78 is 3.13. The van der Waals surface area contributed by atoms with Crippen LogP contribution in [-0.2, 0) is 6.54 Å². The van der Waals surface area contributed by atoms with Gasteiger partial charge in [0.25, 0.3) is 5.91 Å². The first kappa shape index (κ1) is 17.1. The summed E-state index contributed by atoms with van der Waals surface area (Å²) in [5.74, 6) is 0.299. The van der Waals surface area contributed by atoms with Crippen molar-refractivity contribution in [3.63, 3.8) is 0 Å². The number of hydrogen-bond donors (Lipinski definition) is 1. The number of rotatable bonds is 5. The molecule has 1 aromatic carbocycles. The summed E-state index contributed by atoms with van der Waals surface area (Å²) in [6.45, 7) is 0.190. The van der Waals surface area contributed by atoms with E-state index in [1.165, 1.54) is 11.0 Å². The molecule has 0 bridgehead atoms. The first-order chi connectivity index (χ1) is 14.3. The Morgan fingerprint density at radius 3 is 2.93 bits per heavy atom. The quantitative estimate of drug-likeness (QED) is 0.475. The first-order valence-electron chi connectivity index (χ1n) is 8.63. The van der Waals surface area contributed by atoms with Crippen LogP contribution in [0.25, 0.3) is 22.6 Å². The second-order valence-electron chi connectivity index (χ2n) is 6.10. The number of benzene rings is 1. The summed E-state index contributed by atoms with van der Waals surface area (Å²) in [6.07, 6.45) is 1.47. The molecule has 1 amide bonds. The molecule has 0 aliphatic heterocycles. The van der Waals surface area contributed by atoms with E-state index < -0.39 is 0 Å². The monoisotopic (exact) mass is 403 g/mol. The fourth-order valence-electron chi connectivity index (χ4n) is 2.84. The van der Waals surface area contributed by atoms with Gasteiger partial charge in [0.05, 0.1) is 17.9 Å². The van der Waals surface area contributed by atoms with Crippen molar-refractivity contribution in [1.29, 1.82) is 0 Å². The number of carbonyl (C=O) groups excluding carboxylic acids is 1. The molecule has 10 nitrogen and oxygen atoms in total. The van der Waals surface area contributed by atoms with Crippen molar-refractivity contribution in [2.24, 2.45) is 0 Å². The lowest BCUT2D eigenvalue weighted by Gasteiger charge is -2.06. The largest absolute Gasteiger partial charge is 0.345 e. The number of thiophene rings is 1. The van der Waals surface area contributed by atoms with Gasteiger partial charge in [-0.05, 0) is 52.2 Å². The Morgan fingerprint density at radius 1 is 1.14 bits per heavy atom. The average molecular weight is 403 g/mol. The molecule has 0 fully saturated rings. The molecule has 5 aromatic rings. The number of amides is 1. The standard InChI is InChI=1S/C18H13N9OS/c28-18(12-2-1-3-14(8-12)26-11-20-24-25-26)19-9-17-22-21-16-5-4-15(23-27(16)17)13-6-7-29-10-13/h1-8,10-11H,9H2,(H,19,28). The molecule has 0 aliphatic rings. The van der Waals surface area contributed by atoms with E-state index in [1.54, 1.807) is 34.1 Å². The van der Waals surface area contributed by atoms with Crippen LogP contribution in [0.5, 0.6) is 0 Å². The zero-order valence-corrected chi connectivity index (χ0v) is 15.7. The second-order valence-corrected chi connectivity index (χ2v) is 6.88. The summed E-state index contributed by atoms with van der Waals surface area (Å²) >= 11 is 1.61. The molecule has 0 aliphatic carbocycles. The molecule has 1 N–H and O–H groups in total. The van der Waals surface area contributed by atoms with Crippen LogP contribution in [0.2, 0.25) is 0 Å². The van der Waals surface area contributed by atoms with E-state index in [9.17, 15) is 4.79 Å². The molecule has 0 unspecified atom stereocenters. The molecule has 0 spiro atoms. The Hall–Kier alpha value is -3.99.